The van der Waals surface area contributed by atoms with Gasteiger partial charge in [-0.25, -0.2) is 0 Å². The van der Waals surface area contributed by atoms with E-state index in [0.29, 0.717) is 0 Å². The summed E-state index contributed by atoms with van der Waals surface area (Å²) < 4.78 is 0. The first-order valence-corrected chi connectivity index (χ1v) is 19.5. The maximum Gasteiger partial charge on any atom is 0.0159 e. The van der Waals surface area contributed by atoms with Crippen LogP contribution in [0, 0.1) is 0 Å². The van der Waals surface area contributed by atoms with Gasteiger partial charge in [0.25, 0.3) is 0 Å². The molecular formula is C55H34. The van der Waals surface area contributed by atoms with Crippen LogP contribution in [0.2, 0.25) is 0 Å². The second-order valence-electron chi connectivity index (χ2n) is 16.3. The summed E-state index contributed by atoms with van der Waals surface area (Å²) in [4.78, 5) is 0. The second-order valence-corrected chi connectivity index (χ2v) is 16.3. The molecule has 0 N–H and O–H groups in total. The van der Waals surface area contributed by atoms with E-state index in [2.05, 4.69) is 184 Å². The average Bonchev–Trinajstić information content (AvgIpc) is 3.82. The second kappa shape index (κ2) is 10.3. The van der Waals surface area contributed by atoms with Gasteiger partial charge in [-0.3, -0.25) is 0 Å². The van der Waals surface area contributed by atoms with Crippen molar-refractivity contribution in [1.29, 1.82) is 0 Å². The largest absolute Gasteiger partial charge is 0.0619 e. The third-order valence-electron chi connectivity index (χ3n) is 13.3. The summed E-state index contributed by atoms with van der Waals surface area (Å²) in [6.45, 7) is 4.73. The van der Waals surface area contributed by atoms with Crippen LogP contribution in [-0.4, -0.2) is 0 Å². The Balaban J connectivity index is 1.14. The lowest BCUT2D eigenvalue weighted by Crippen LogP contribution is -2.14. The Bertz CT molecular complexity index is 3620. The van der Waals surface area contributed by atoms with Crippen molar-refractivity contribution in [3.8, 4) is 33.4 Å². The summed E-state index contributed by atoms with van der Waals surface area (Å²) in [6, 6.07) is 64.5. The van der Waals surface area contributed by atoms with E-state index in [1.54, 1.807) is 0 Å². The summed E-state index contributed by atoms with van der Waals surface area (Å²) in [5.74, 6) is 0. The number of fused-ring (bicyclic) bond motifs is 13. The number of hydrogen-bond acceptors (Lipinski definition) is 0. The predicted molar refractivity (Wildman–Crippen MR) is 237 cm³/mol. The van der Waals surface area contributed by atoms with Crippen LogP contribution in [0.25, 0.3) is 120 Å². The van der Waals surface area contributed by atoms with Gasteiger partial charge in [0, 0.05) is 5.41 Å². The van der Waals surface area contributed by atoms with Gasteiger partial charge in [0.15, 0.2) is 0 Å². The molecule has 0 aromatic heterocycles. The highest BCUT2D eigenvalue weighted by Crippen LogP contribution is 2.54. The minimum absolute atomic E-state index is 0.0355. The maximum atomic E-state index is 2.51. The van der Waals surface area contributed by atoms with Crippen LogP contribution < -0.4 is 0 Å². The first-order chi connectivity index (χ1) is 27.1. The molecule has 0 atom stereocenters. The Kier molecular flexibility index (Phi) is 5.53. The van der Waals surface area contributed by atoms with Gasteiger partial charge < -0.3 is 0 Å². The van der Waals surface area contributed by atoms with Crippen LogP contribution in [-0.2, 0) is 5.41 Å². The molecule has 0 saturated heterocycles. The molecule has 0 nitrogen and oxygen atoms in total. The fourth-order valence-corrected chi connectivity index (χ4v) is 10.9. The molecule has 254 valence electrons. The number of rotatable bonds is 2. The van der Waals surface area contributed by atoms with Crippen LogP contribution in [0.1, 0.15) is 25.0 Å². The lowest BCUT2D eigenvalue weighted by Gasteiger charge is -2.22. The first kappa shape index (κ1) is 29.7. The Labute approximate surface area is 318 Å². The Morgan fingerprint density at radius 3 is 1.64 bits per heavy atom. The van der Waals surface area contributed by atoms with Crippen molar-refractivity contribution >= 4 is 86.2 Å². The van der Waals surface area contributed by atoms with Gasteiger partial charge in [0.2, 0.25) is 0 Å². The summed E-state index contributed by atoms with van der Waals surface area (Å²) in [7, 11) is 0. The molecule has 0 radical (unpaired) electrons. The molecule has 0 fully saturated rings. The van der Waals surface area contributed by atoms with Crippen molar-refractivity contribution in [2.45, 2.75) is 19.3 Å². The van der Waals surface area contributed by atoms with Gasteiger partial charge in [0.05, 0.1) is 0 Å². The molecule has 12 aromatic carbocycles. The van der Waals surface area contributed by atoms with Crippen molar-refractivity contribution in [3.63, 3.8) is 0 Å². The van der Waals surface area contributed by atoms with Gasteiger partial charge in [-0.2, -0.15) is 0 Å². The average molecular weight is 695 g/mol. The zero-order valence-corrected chi connectivity index (χ0v) is 30.7. The summed E-state index contributed by atoms with van der Waals surface area (Å²) in [6.07, 6.45) is 0. The lowest BCUT2D eigenvalue weighted by atomic mass is 9.81. The van der Waals surface area contributed by atoms with E-state index in [4.69, 9.17) is 0 Å². The standard InChI is InChI=1S/C55H34/c1-55(2)48-23-8-7-16-38(48)39-27-25-32(29-49(39)55)31-24-26-34-33(28-31)12-9-18-40(34)53-52-45-22-11-19-41-35-13-3-4-14-36(35)46(50(41)45)30-47(52)44-21-10-20-42-37-15-5-6-17-43(37)54(53)51(42)44/h3-30H,1-2H3. The summed E-state index contributed by atoms with van der Waals surface area (Å²) in [5, 5.41) is 21.3. The molecule has 0 amide bonds. The van der Waals surface area contributed by atoms with E-state index in [1.165, 1.54) is 131 Å². The van der Waals surface area contributed by atoms with Crippen molar-refractivity contribution in [2.24, 2.45) is 0 Å². The summed E-state index contributed by atoms with van der Waals surface area (Å²) in [5.41, 5.74) is 10.7. The van der Waals surface area contributed by atoms with E-state index in [1.807, 2.05) is 0 Å². The van der Waals surface area contributed by atoms with Gasteiger partial charge >= 0.3 is 0 Å². The summed E-state index contributed by atoms with van der Waals surface area (Å²) >= 11 is 0. The molecule has 0 bridgehead atoms. The topological polar surface area (TPSA) is 0 Å². The minimum Gasteiger partial charge on any atom is -0.0619 e. The van der Waals surface area contributed by atoms with E-state index in [0.717, 1.165) is 0 Å². The number of hydrogen-bond donors (Lipinski definition) is 0. The highest BCUT2D eigenvalue weighted by Gasteiger charge is 2.35. The van der Waals surface area contributed by atoms with Crippen LogP contribution >= 0.6 is 0 Å². The molecule has 0 spiro atoms. The maximum absolute atomic E-state index is 2.51. The van der Waals surface area contributed by atoms with E-state index in [9.17, 15) is 0 Å². The molecule has 12 aromatic rings. The third-order valence-corrected chi connectivity index (χ3v) is 13.3. The fourth-order valence-electron chi connectivity index (χ4n) is 10.9. The van der Waals surface area contributed by atoms with Crippen LogP contribution in [0.3, 0.4) is 0 Å². The molecule has 1 aliphatic rings. The molecule has 0 heterocycles. The number of benzene rings is 10. The molecule has 13 rings (SSSR count). The van der Waals surface area contributed by atoms with Crippen LogP contribution in [0.4, 0.5) is 0 Å². The van der Waals surface area contributed by atoms with Gasteiger partial charge in [-0.15, -0.1) is 0 Å². The quantitative estimate of drug-likeness (QED) is 0.158. The molecule has 1 aliphatic carbocycles. The van der Waals surface area contributed by atoms with Gasteiger partial charge in [-0.05, 0) is 149 Å². The highest BCUT2D eigenvalue weighted by atomic mass is 14.4. The molecule has 55 heavy (non-hydrogen) atoms. The van der Waals surface area contributed by atoms with Crippen LogP contribution in [0.15, 0.2) is 170 Å². The van der Waals surface area contributed by atoms with Crippen molar-refractivity contribution in [2.75, 3.05) is 0 Å². The zero-order chi connectivity index (χ0) is 36.2. The van der Waals surface area contributed by atoms with Gasteiger partial charge in [0.1, 0.15) is 0 Å². The molecular weight excluding hydrogens is 661 g/mol. The lowest BCUT2D eigenvalue weighted by molar-refractivity contribution is 0.660. The normalized spacial score (nSPS) is 13.8. The Morgan fingerprint density at radius 1 is 0.291 bits per heavy atom. The molecule has 0 aliphatic heterocycles. The third kappa shape index (κ3) is 3.67. The monoisotopic (exact) mass is 694 g/mol. The zero-order valence-electron chi connectivity index (χ0n) is 30.7. The predicted octanol–water partition coefficient (Wildman–Crippen LogP) is 15.4. The van der Waals surface area contributed by atoms with Crippen molar-refractivity contribution in [3.05, 3.63) is 181 Å². The Morgan fingerprint density at radius 2 is 0.818 bits per heavy atom. The smallest absolute Gasteiger partial charge is 0.0159 e. The van der Waals surface area contributed by atoms with Crippen LogP contribution in [0.5, 0.6) is 0 Å². The van der Waals surface area contributed by atoms with E-state index in [-0.39, 0.29) is 5.41 Å². The minimum atomic E-state index is -0.0355. The first-order valence-electron chi connectivity index (χ1n) is 19.5. The SMILES string of the molecule is CC1(C)c2ccccc2-c2ccc(-c3ccc4c(-c5c6c(cc7c8ccccc8c8cccc6c87)c6cccc7c8ccccc8c5c76)cccc4c3)cc21. The molecule has 0 unspecified atom stereocenters. The molecule has 0 heteroatoms. The van der Waals surface area contributed by atoms with Crippen molar-refractivity contribution < 1.29 is 0 Å². The highest BCUT2D eigenvalue weighted by molar-refractivity contribution is 6.45. The molecule has 0 saturated carbocycles. The van der Waals surface area contributed by atoms with E-state index >= 15 is 0 Å². The van der Waals surface area contributed by atoms with Crippen molar-refractivity contribution in [1.82, 2.24) is 0 Å². The van der Waals surface area contributed by atoms with E-state index < -0.39 is 0 Å². The fraction of sp³-hybridized carbons (Fsp3) is 0.0545. The Hall–Kier alpha value is -6.76. The van der Waals surface area contributed by atoms with Gasteiger partial charge in [-0.1, -0.05) is 166 Å².